The Bertz CT molecular complexity index is 326. The molecule has 0 saturated heterocycles. The van der Waals surface area contributed by atoms with Crippen LogP contribution in [0.25, 0.3) is 0 Å². The highest BCUT2D eigenvalue weighted by Crippen LogP contribution is 2.08. The van der Waals surface area contributed by atoms with E-state index in [0.717, 1.165) is 24.7 Å². The Kier molecular flexibility index (Phi) is 6.18. The van der Waals surface area contributed by atoms with Gasteiger partial charge in [-0.1, -0.05) is 0 Å². The number of rotatable bonds is 7. The number of aromatic nitrogens is 2. The summed E-state index contributed by atoms with van der Waals surface area (Å²) in [6, 6.07) is 1.85. The van der Waals surface area contributed by atoms with Crippen LogP contribution in [0.3, 0.4) is 0 Å². The Hall–Kier alpha value is -0.910. The van der Waals surface area contributed by atoms with E-state index >= 15 is 0 Å². The molecule has 1 rings (SSSR count). The zero-order valence-corrected chi connectivity index (χ0v) is 11.3. The van der Waals surface area contributed by atoms with E-state index in [9.17, 15) is 0 Å². The predicted molar refractivity (Wildman–Crippen MR) is 69.6 cm³/mol. The van der Waals surface area contributed by atoms with Gasteiger partial charge in [0, 0.05) is 24.8 Å². The minimum absolute atomic E-state index is 0.265. The number of anilines is 1. The van der Waals surface area contributed by atoms with Crippen LogP contribution in [0.4, 0.5) is 5.82 Å². The lowest BCUT2D eigenvalue weighted by Crippen LogP contribution is -2.20. The van der Waals surface area contributed by atoms with Gasteiger partial charge >= 0.3 is 0 Å². The Morgan fingerprint density at radius 2 is 2.12 bits per heavy atom. The molecule has 0 saturated carbocycles. The van der Waals surface area contributed by atoms with Crippen LogP contribution in [0.5, 0.6) is 0 Å². The molecule has 1 aromatic rings. The molecule has 0 unspecified atom stereocenters. The van der Waals surface area contributed by atoms with Crippen molar-refractivity contribution in [2.45, 2.75) is 6.92 Å². The third kappa shape index (κ3) is 6.41. The number of hydrogen-bond acceptors (Lipinski definition) is 5. The standard InChI is InChI=1S/C11H19ClN4O/c1-9-8-10(15-11(12)14-9)13-4-6-17-7-5-16(2)3/h8H,4-7H2,1-3H3,(H,13,14,15). The summed E-state index contributed by atoms with van der Waals surface area (Å²) in [5.41, 5.74) is 0.848. The second kappa shape index (κ2) is 7.42. The minimum Gasteiger partial charge on any atom is -0.378 e. The normalized spacial score (nSPS) is 10.9. The fraction of sp³-hybridized carbons (Fsp3) is 0.636. The van der Waals surface area contributed by atoms with E-state index in [0.29, 0.717) is 13.2 Å². The summed E-state index contributed by atoms with van der Waals surface area (Å²) >= 11 is 5.75. The quantitative estimate of drug-likeness (QED) is 0.592. The van der Waals surface area contributed by atoms with E-state index in [-0.39, 0.29) is 5.28 Å². The van der Waals surface area contributed by atoms with Crippen molar-refractivity contribution in [3.63, 3.8) is 0 Å². The summed E-state index contributed by atoms with van der Waals surface area (Å²) in [6.07, 6.45) is 0. The number of nitrogens with zero attached hydrogens (tertiary/aromatic N) is 3. The zero-order chi connectivity index (χ0) is 12.7. The maximum Gasteiger partial charge on any atom is 0.224 e. The molecule has 0 spiro atoms. The molecular formula is C11H19ClN4O. The number of ether oxygens (including phenoxy) is 1. The summed E-state index contributed by atoms with van der Waals surface area (Å²) < 4.78 is 5.45. The highest BCUT2D eigenvalue weighted by Gasteiger charge is 1.99. The second-order valence-corrected chi connectivity index (χ2v) is 4.34. The monoisotopic (exact) mass is 258 g/mol. The second-order valence-electron chi connectivity index (χ2n) is 4.01. The molecule has 6 heteroatoms. The molecule has 1 aromatic heterocycles. The molecule has 0 fully saturated rings. The van der Waals surface area contributed by atoms with Crippen molar-refractivity contribution in [2.24, 2.45) is 0 Å². The van der Waals surface area contributed by atoms with Gasteiger partial charge in [0.25, 0.3) is 0 Å². The molecule has 0 radical (unpaired) electrons. The Morgan fingerprint density at radius 3 is 2.76 bits per heavy atom. The molecule has 0 aliphatic carbocycles. The first-order chi connectivity index (χ1) is 8.08. The van der Waals surface area contributed by atoms with Gasteiger partial charge in [0.2, 0.25) is 5.28 Å². The summed E-state index contributed by atoms with van der Waals surface area (Å²) in [4.78, 5) is 10.1. The maximum absolute atomic E-state index is 5.75. The summed E-state index contributed by atoms with van der Waals surface area (Å²) in [5.74, 6) is 0.735. The lowest BCUT2D eigenvalue weighted by Gasteiger charge is -2.10. The van der Waals surface area contributed by atoms with E-state index in [1.54, 1.807) is 0 Å². The molecule has 0 aliphatic heterocycles. The van der Waals surface area contributed by atoms with E-state index in [1.165, 1.54) is 0 Å². The van der Waals surface area contributed by atoms with Crippen molar-refractivity contribution in [1.82, 2.24) is 14.9 Å². The van der Waals surface area contributed by atoms with Crippen LogP contribution in [-0.2, 0) is 4.74 Å². The molecule has 0 atom stereocenters. The third-order valence-electron chi connectivity index (χ3n) is 2.06. The molecule has 1 N–H and O–H groups in total. The van der Waals surface area contributed by atoms with Crippen molar-refractivity contribution in [3.05, 3.63) is 17.0 Å². The molecule has 0 aliphatic rings. The van der Waals surface area contributed by atoms with Crippen molar-refractivity contribution in [3.8, 4) is 0 Å². The van der Waals surface area contributed by atoms with Gasteiger partial charge < -0.3 is 15.0 Å². The zero-order valence-electron chi connectivity index (χ0n) is 10.5. The average molecular weight is 259 g/mol. The smallest absolute Gasteiger partial charge is 0.224 e. The van der Waals surface area contributed by atoms with Gasteiger partial charge in [-0.15, -0.1) is 0 Å². The van der Waals surface area contributed by atoms with E-state index in [1.807, 2.05) is 27.1 Å². The number of halogens is 1. The Labute approximate surface area is 107 Å². The first-order valence-corrected chi connectivity index (χ1v) is 5.93. The van der Waals surface area contributed by atoms with Crippen LogP contribution in [-0.4, -0.2) is 55.3 Å². The van der Waals surface area contributed by atoms with Gasteiger partial charge in [-0.05, 0) is 32.6 Å². The predicted octanol–water partition coefficient (Wildman–Crippen LogP) is 1.43. The van der Waals surface area contributed by atoms with Crippen LogP contribution in [0.15, 0.2) is 6.07 Å². The number of nitrogens with one attached hydrogen (secondary N) is 1. The van der Waals surface area contributed by atoms with Crippen molar-refractivity contribution < 1.29 is 4.74 Å². The summed E-state index contributed by atoms with van der Waals surface area (Å²) in [7, 11) is 4.04. The van der Waals surface area contributed by atoms with Crippen molar-refractivity contribution in [2.75, 3.05) is 45.7 Å². The molecule has 17 heavy (non-hydrogen) atoms. The van der Waals surface area contributed by atoms with Gasteiger partial charge in [0.15, 0.2) is 0 Å². The molecule has 0 aromatic carbocycles. The van der Waals surface area contributed by atoms with Crippen LogP contribution in [0.1, 0.15) is 5.69 Å². The third-order valence-corrected chi connectivity index (χ3v) is 2.23. The van der Waals surface area contributed by atoms with Crippen LogP contribution < -0.4 is 5.32 Å². The SMILES string of the molecule is Cc1cc(NCCOCCN(C)C)nc(Cl)n1. The van der Waals surface area contributed by atoms with Crippen molar-refractivity contribution >= 4 is 17.4 Å². The summed E-state index contributed by atoms with van der Waals surface area (Å²) in [6.45, 7) is 4.90. The Morgan fingerprint density at radius 1 is 1.35 bits per heavy atom. The van der Waals surface area contributed by atoms with Gasteiger partial charge in [-0.3, -0.25) is 0 Å². The topological polar surface area (TPSA) is 50.3 Å². The fourth-order valence-electron chi connectivity index (χ4n) is 1.22. The van der Waals surface area contributed by atoms with Gasteiger partial charge in [-0.2, -0.15) is 0 Å². The lowest BCUT2D eigenvalue weighted by molar-refractivity contribution is 0.126. The lowest BCUT2D eigenvalue weighted by atomic mass is 10.4. The highest BCUT2D eigenvalue weighted by molar-refractivity contribution is 6.28. The molecule has 5 nitrogen and oxygen atoms in total. The van der Waals surface area contributed by atoms with Crippen LogP contribution in [0.2, 0.25) is 5.28 Å². The molecule has 96 valence electrons. The highest BCUT2D eigenvalue weighted by atomic mass is 35.5. The molecule has 0 bridgehead atoms. The Balaban J connectivity index is 2.18. The van der Waals surface area contributed by atoms with E-state index in [4.69, 9.17) is 16.3 Å². The van der Waals surface area contributed by atoms with Crippen LogP contribution >= 0.6 is 11.6 Å². The van der Waals surface area contributed by atoms with Gasteiger partial charge in [0.1, 0.15) is 5.82 Å². The molecule has 1 heterocycles. The minimum atomic E-state index is 0.265. The van der Waals surface area contributed by atoms with Crippen molar-refractivity contribution in [1.29, 1.82) is 0 Å². The first kappa shape index (κ1) is 14.2. The maximum atomic E-state index is 5.75. The number of aryl methyl sites for hydroxylation is 1. The van der Waals surface area contributed by atoms with Gasteiger partial charge in [-0.25, -0.2) is 9.97 Å². The number of hydrogen-bond donors (Lipinski definition) is 1. The average Bonchev–Trinajstić information content (AvgIpc) is 2.21. The fourth-order valence-corrected chi connectivity index (χ4v) is 1.45. The first-order valence-electron chi connectivity index (χ1n) is 5.55. The molecule has 0 amide bonds. The van der Waals surface area contributed by atoms with E-state index in [2.05, 4.69) is 20.2 Å². The van der Waals surface area contributed by atoms with Crippen LogP contribution in [0, 0.1) is 6.92 Å². The molecular weight excluding hydrogens is 240 g/mol. The number of likely N-dealkylation sites (N-methyl/N-ethyl adjacent to an activating group) is 1. The van der Waals surface area contributed by atoms with E-state index < -0.39 is 0 Å². The van der Waals surface area contributed by atoms with Gasteiger partial charge in [0.05, 0.1) is 13.2 Å². The largest absolute Gasteiger partial charge is 0.378 e. The summed E-state index contributed by atoms with van der Waals surface area (Å²) in [5, 5.41) is 3.41.